The van der Waals surface area contributed by atoms with Gasteiger partial charge in [0.05, 0.1) is 19.1 Å². The highest BCUT2D eigenvalue weighted by molar-refractivity contribution is 5.99. The second kappa shape index (κ2) is 13.5. The number of ether oxygens (including phenoxy) is 1. The molecule has 9 heteroatoms. The van der Waals surface area contributed by atoms with Crippen LogP contribution in [0.5, 0.6) is 0 Å². The van der Waals surface area contributed by atoms with E-state index in [0.29, 0.717) is 31.5 Å². The van der Waals surface area contributed by atoms with Crippen molar-refractivity contribution in [1.82, 2.24) is 4.90 Å². The van der Waals surface area contributed by atoms with Gasteiger partial charge in [0.2, 0.25) is 5.91 Å². The van der Waals surface area contributed by atoms with Crippen LogP contribution in [0.3, 0.4) is 0 Å². The number of anilines is 1. The van der Waals surface area contributed by atoms with Crippen molar-refractivity contribution in [2.75, 3.05) is 38.2 Å². The Kier molecular flexibility index (Phi) is 10.1. The van der Waals surface area contributed by atoms with Crippen LogP contribution >= 0.6 is 0 Å². The van der Waals surface area contributed by atoms with E-state index in [1.54, 1.807) is 4.90 Å². The predicted octanol–water partition coefficient (Wildman–Crippen LogP) is 4.29. The quantitative estimate of drug-likeness (QED) is 0.257. The number of alkyl halides is 1. The molecule has 2 aromatic rings. The minimum atomic E-state index is -0.693. The summed E-state index contributed by atoms with van der Waals surface area (Å²) in [7, 11) is 0. The summed E-state index contributed by atoms with van der Waals surface area (Å²) in [5.74, 6) is -0.531. The Morgan fingerprint density at radius 3 is 2.61 bits per heavy atom. The van der Waals surface area contributed by atoms with E-state index < -0.39 is 18.8 Å². The monoisotopic (exact) mass is 496 g/mol. The number of amides is 1. The predicted molar refractivity (Wildman–Crippen MR) is 139 cm³/mol. The van der Waals surface area contributed by atoms with E-state index >= 15 is 0 Å². The molecule has 1 amide bonds. The minimum absolute atomic E-state index is 0.0717. The molecule has 0 aliphatic carbocycles. The number of rotatable bonds is 12. The number of nitrogens with two attached hydrogens (primary N) is 1. The number of benzene rings is 2. The zero-order valence-corrected chi connectivity index (χ0v) is 20.5. The first kappa shape index (κ1) is 27.0. The second-order valence-electron chi connectivity index (χ2n) is 8.71. The van der Waals surface area contributed by atoms with Gasteiger partial charge in [-0.1, -0.05) is 48.5 Å². The van der Waals surface area contributed by atoms with Gasteiger partial charge in [0.1, 0.15) is 13.3 Å². The number of carbonyl (C=O) groups is 2. The van der Waals surface area contributed by atoms with Crippen molar-refractivity contribution in [2.45, 2.75) is 38.8 Å². The van der Waals surface area contributed by atoms with Crippen LogP contribution in [-0.4, -0.2) is 55.9 Å². The number of halogens is 1. The van der Waals surface area contributed by atoms with E-state index in [4.69, 9.17) is 10.5 Å². The number of hydrogen-bond donors (Lipinski definition) is 2. The fourth-order valence-corrected chi connectivity index (χ4v) is 4.17. The van der Waals surface area contributed by atoms with Crippen LogP contribution in [0, 0.1) is 4.91 Å². The van der Waals surface area contributed by atoms with Crippen LogP contribution in [0.2, 0.25) is 0 Å². The Morgan fingerprint density at radius 2 is 1.92 bits per heavy atom. The van der Waals surface area contributed by atoms with Crippen LogP contribution in [0.1, 0.15) is 37.3 Å². The number of fused-ring (bicyclic) bond motifs is 1. The van der Waals surface area contributed by atoms with E-state index in [1.807, 2.05) is 55.5 Å². The molecule has 0 saturated carbocycles. The molecule has 36 heavy (non-hydrogen) atoms. The third-order valence-electron chi connectivity index (χ3n) is 5.87. The highest BCUT2D eigenvalue weighted by Crippen LogP contribution is 2.31. The number of nitrogens with one attached hydrogen (secondary N) is 1. The number of hydrogen-bond acceptors (Lipinski definition) is 7. The topological polar surface area (TPSA) is 114 Å². The fraction of sp³-hybridized carbons (Fsp3) is 0.407. The van der Waals surface area contributed by atoms with E-state index in [0.717, 1.165) is 34.4 Å². The summed E-state index contributed by atoms with van der Waals surface area (Å²) < 4.78 is 17.0. The molecule has 1 aliphatic heterocycles. The lowest BCUT2D eigenvalue weighted by Gasteiger charge is -2.23. The maximum Gasteiger partial charge on any atom is 0.310 e. The van der Waals surface area contributed by atoms with E-state index in [-0.39, 0.29) is 25.5 Å². The fourth-order valence-electron chi connectivity index (χ4n) is 4.17. The highest BCUT2D eigenvalue weighted by Gasteiger charge is 2.23. The van der Waals surface area contributed by atoms with Gasteiger partial charge in [-0.2, -0.15) is 4.91 Å². The minimum Gasteiger partial charge on any atom is -0.463 e. The zero-order chi connectivity index (χ0) is 25.9. The summed E-state index contributed by atoms with van der Waals surface area (Å²) in [5, 5.41) is 6.20. The Morgan fingerprint density at radius 1 is 1.17 bits per heavy atom. The van der Waals surface area contributed by atoms with E-state index in [9.17, 15) is 18.9 Å². The van der Waals surface area contributed by atoms with Crippen LogP contribution < -0.4 is 11.1 Å². The summed E-state index contributed by atoms with van der Waals surface area (Å²) in [5.41, 5.74) is 11.3. The van der Waals surface area contributed by atoms with Gasteiger partial charge in [-0.25, -0.2) is 4.39 Å². The van der Waals surface area contributed by atoms with Crippen molar-refractivity contribution < 1.29 is 18.7 Å². The van der Waals surface area contributed by atoms with E-state index in [1.165, 1.54) is 0 Å². The summed E-state index contributed by atoms with van der Waals surface area (Å²) in [4.78, 5) is 37.2. The van der Waals surface area contributed by atoms with Gasteiger partial charge in [-0.15, -0.1) is 0 Å². The lowest BCUT2D eigenvalue weighted by molar-refractivity contribution is -0.143. The van der Waals surface area contributed by atoms with Crippen molar-refractivity contribution in [3.05, 3.63) is 64.1 Å². The molecule has 192 valence electrons. The molecule has 0 saturated heterocycles. The number of nitroso groups, excluding NO2 is 1. The lowest BCUT2D eigenvalue weighted by atomic mass is 9.99. The maximum absolute atomic E-state index is 13.3. The average Bonchev–Trinajstić information content (AvgIpc) is 3.04. The molecule has 0 bridgehead atoms. The van der Waals surface area contributed by atoms with E-state index in [2.05, 4.69) is 10.5 Å². The zero-order valence-electron chi connectivity index (χ0n) is 20.5. The number of nitrogens with zero attached hydrogens (tertiary/aromatic N) is 2. The summed E-state index contributed by atoms with van der Waals surface area (Å²) in [6.45, 7) is 2.36. The van der Waals surface area contributed by atoms with Crippen molar-refractivity contribution in [2.24, 2.45) is 10.9 Å². The van der Waals surface area contributed by atoms with Gasteiger partial charge in [-0.05, 0) is 47.2 Å². The van der Waals surface area contributed by atoms with Gasteiger partial charge in [0.25, 0.3) is 0 Å². The van der Waals surface area contributed by atoms with Crippen LogP contribution in [0.25, 0.3) is 17.2 Å². The first-order valence-electron chi connectivity index (χ1n) is 12.2. The van der Waals surface area contributed by atoms with Gasteiger partial charge in [0, 0.05) is 30.8 Å². The normalized spacial score (nSPS) is 14.6. The van der Waals surface area contributed by atoms with Gasteiger partial charge in [-0.3, -0.25) is 9.59 Å². The van der Waals surface area contributed by atoms with Crippen molar-refractivity contribution >= 4 is 23.6 Å². The lowest BCUT2D eigenvalue weighted by Crippen LogP contribution is -2.37. The van der Waals surface area contributed by atoms with Crippen molar-refractivity contribution in [3.8, 4) is 11.1 Å². The maximum atomic E-state index is 13.3. The van der Waals surface area contributed by atoms with Crippen LogP contribution in [0.15, 0.2) is 53.2 Å². The van der Waals surface area contributed by atoms with Crippen molar-refractivity contribution in [3.63, 3.8) is 0 Å². The molecule has 0 spiro atoms. The first-order chi connectivity index (χ1) is 17.4. The SMILES string of the molecule is CCCN(CCCN=O)C(=O)C1=Cc2ccc(-c3ccc(CC(=O)OCCF)cc3)cc2NC(N)C1. The third-order valence-corrected chi connectivity index (χ3v) is 5.87. The molecule has 0 radical (unpaired) electrons. The number of esters is 1. The first-order valence-corrected chi connectivity index (χ1v) is 12.2. The molecule has 2 aromatic carbocycles. The van der Waals surface area contributed by atoms with Gasteiger partial charge < -0.3 is 20.7 Å². The standard InChI is InChI=1S/C27H33FN4O4/c1-2-12-32(13-3-11-30-35)27(34)23-16-22-9-8-21(17-24(22)31-25(29)18-23)20-6-4-19(5-7-20)15-26(33)36-14-10-28/h4-9,16-17,25,31H,2-3,10-15,18,29H2,1H3. The summed E-state index contributed by atoms with van der Waals surface area (Å²) in [6.07, 6.45) is 3.26. The molecule has 1 atom stereocenters. The molecule has 0 aromatic heterocycles. The molecule has 1 heterocycles. The summed E-state index contributed by atoms with van der Waals surface area (Å²) in [6, 6.07) is 13.4. The molecule has 8 nitrogen and oxygen atoms in total. The Balaban J connectivity index is 1.78. The smallest absolute Gasteiger partial charge is 0.310 e. The molecule has 0 fully saturated rings. The Labute approximate surface area is 210 Å². The molecule has 3 N–H and O–H groups in total. The highest BCUT2D eigenvalue weighted by atomic mass is 19.1. The average molecular weight is 497 g/mol. The van der Waals surface area contributed by atoms with Crippen LogP contribution in [0.4, 0.5) is 10.1 Å². The molecular weight excluding hydrogens is 463 g/mol. The Hall–Kier alpha value is -3.59. The largest absolute Gasteiger partial charge is 0.463 e. The second-order valence-corrected chi connectivity index (χ2v) is 8.71. The van der Waals surface area contributed by atoms with Crippen molar-refractivity contribution in [1.29, 1.82) is 0 Å². The molecule has 1 aliphatic rings. The Bertz CT molecular complexity index is 1090. The summed E-state index contributed by atoms with van der Waals surface area (Å²) >= 11 is 0. The van der Waals surface area contributed by atoms with Gasteiger partial charge >= 0.3 is 5.97 Å². The molecular formula is C27H33FN4O4. The molecule has 1 unspecified atom stereocenters. The number of carbonyl (C=O) groups excluding carboxylic acids is 2. The van der Waals surface area contributed by atoms with Gasteiger partial charge in [0.15, 0.2) is 0 Å². The third kappa shape index (κ3) is 7.45. The van der Waals surface area contributed by atoms with Crippen LogP contribution in [-0.2, 0) is 20.7 Å². The molecule has 3 rings (SSSR count).